The summed E-state index contributed by atoms with van der Waals surface area (Å²) in [5.41, 5.74) is -0.268. The van der Waals surface area contributed by atoms with E-state index in [0.29, 0.717) is 6.42 Å². The minimum atomic E-state index is -1.05. The molecule has 18 heavy (non-hydrogen) atoms. The molecule has 1 atom stereocenters. The van der Waals surface area contributed by atoms with Crippen molar-refractivity contribution in [2.45, 2.75) is 18.9 Å². The van der Waals surface area contributed by atoms with Gasteiger partial charge in [-0.25, -0.2) is 0 Å². The van der Waals surface area contributed by atoms with Gasteiger partial charge in [0.25, 0.3) is 0 Å². The zero-order chi connectivity index (χ0) is 13.6. The maximum atomic E-state index is 11.3. The fourth-order valence-corrected chi connectivity index (χ4v) is 1.88. The first-order chi connectivity index (χ1) is 8.51. The number of amides is 1. The lowest BCUT2D eigenvalue weighted by Crippen LogP contribution is -2.41. The highest BCUT2D eigenvalue weighted by molar-refractivity contribution is 9.10. The van der Waals surface area contributed by atoms with Crippen LogP contribution in [-0.2, 0) is 15.1 Å². The molecular weight excluding hydrogens is 298 g/mol. The molecule has 1 aromatic rings. The minimum absolute atomic E-state index is 0.000131. The summed E-state index contributed by atoms with van der Waals surface area (Å²) in [6, 6.07) is 7.42. The van der Waals surface area contributed by atoms with Crippen molar-refractivity contribution in [1.82, 2.24) is 5.32 Å². The Kier molecular flexibility index (Phi) is 5.78. The van der Waals surface area contributed by atoms with Gasteiger partial charge < -0.3 is 15.2 Å². The first-order valence-electron chi connectivity index (χ1n) is 5.76. The van der Waals surface area contributed by atoms with E-state index in [1.807, 2.05) is 31.2 Å². The second-order valence-corrected chi connectivity index (χ2v) is 5.02. The van der Waals surface area contributed by atoms with E-state index in [4.69, 9.17) is 4.74 Å². The van der Waals surface area contributed by atoms with Crippen LogP contribution < -0.4 is 5.32 Å². The molecule has 1 rings (SSSR count). The number of methoxy groups -OCH3 is 1. The smallest absolute Gasteiger partial charge is 0.246 e. The van der Waals surface area contributed by atoms with Crippen LogP contribution in [0.25, 0.3) is 0 Å². The van der Waals surface area contributed by atoms with Gasteiger partial charge in [-0.2, -0.15) is 0 Å². The molecule has 0 heterocycles. The standard InChI is InChI=1S/C13H18BrNO3/c1-3-13(17,9-15-12(16)8-18-2)10-4-6-11(14)7-5-10/h4-7,17H,3,8-9H2,1-2H3,(H,15,16). The number of hydrogen-bond acceptors (Lipinski definition) is 3. The molecule has 0 aliphatic carbocycles. The Labute approximate surface area is 115 Å². The third-order valence-corrected chi connectivity index (χ3v) is 3.35. The van der Waals surface area contributed by atoms with E-state index >= 15 is 0 Å². The van der Waals surface area contributed by atoms with Crippen molar-refractivity contribution in [3.63, 3.8) is 0 Å². The molecule has 0 bridgehead atoms. The molecule has 4 nitrogen and oxygen atoms in total. The molecule has 100 valence electrons. The summed E-state index contributed by atoms with van der Waals surface area (Å²) in [7, 11) is 1.46. The quantitative estimate of drug-likeness (QED) is 0.841. The Morgan fingerprint density at radius 3 is 2.56 bits per heavy atom. The number of aliphatic hydroxyl groups is 1. The van der Waals surface area contributed by atoms with Gasteiger partial charge in [0.05, 0.1) is 6.54 Å². The maximum Gasteiger partial charge on any atom is 0.246 e. The van der Waals surface area contributed by atoms with E-state index in [2.05, 4.69) is 21.2 Å². The highest BCUT2D eigenvalue weighted by atomic mass is 79.9. The Balaban J connectivity index is 2.73. The van der Waals surface area contributed by atoms with Crippen LogP contribution in [0.4, 0.5) is 0 Å². The largest absolute Gasteiger partial charge is 0.383 e. The summed E-state index contributed by atoms with van der Waals surface area (Å²) < 4.78 is 5.68. The lowest BCUT2D eigenvalue weighted by Gasteiger charge is -2.27. The van der Waals surface area contributed by atoms with Crippen molar-refractivity contribution >= 4 is 21.8 Å². The van der Waals surface area contributed by atoms with E-state index in [-0.39, 0.29) is 19.1 Å². The Hall–Kier alpha value is -0.910. The van der Waals surface area contributed by atoms with Gasteiger partial charge in [-0.15, -0.1) is 0 Å². The van der Waals surface area contributed by atoms with Crippen molar-refractivity contribution in [3.8, 4) is 0 Å². The molecule has 0 saturated carbocycles. The predicted molar refractivity (Wildman–Crippen MR) is 73.2 cm³/mol. The van der Waals surface area contributed by atoms with Crippen molar-refractivity contribution < 1.29 is 14.6 Å². The molecule has 0 radical (unpaired) electrons. The van der Waals surface area contributed by atoms with E-state index in [9.17, 15) is 9.90 Å². The van der Waals surface area contributed by atoms with Gasteiger partial charge in [0.1, 0.15) is 12.2 Å². The Bertz CT molecular complexity index is 394. The first kappa shape index (κ1) is 15.1. The minimum Gasteiger partial charge on any atom is -0.383 e. The summed E-state index contributed by atoms with van der Waals surface area (Å²) in [4.78, 5) is 11.3. The number of nitrogens with one attached hydrogen (secondary N) is 1. The zero-order valence-corrected chi connectivity index (χ0v) is 12.2. The molecule has 0 saturated heterocycles. The molecule has 1 unspecified atom stereocenters. The summed E-state index contributed by atoms with van der Waals surface area (Å²) in [6.07, 6.45) is 0.516. The van der Waals surface area contributed by atoms with E-state index in [1.165, 1.54) is 7.11 Å². The van der Waals surface area contributed by atoms with Crippen LogP contribution in [0, 0.1) is 0 Å². The highest BCUT2D eigenvalue weighted by Gasteiger charge is 2.27. The average molecular weight is 316 g/mol. The molecule has 0 aromatic heterocycles. The van der Waals surface area contributed by atoms with Gasteiger partial charge >= 0.3 is 0 Å². The van der Waals surface area contributed by atoms with Crippen molar-refractivity contribution in [3.05, 3.63) is 34.3 Å². The Morgan fingerprint density at radius 1 is 1.44 bits per heavy atom. The SMILES string of the molecule is CCC(O)(CNC(=O)COC)c1ccc(Br)cc1. The average Bonchev–Trinajstić information content (AvgIpc) is 2.37. The number of halogens is 1. The van der Waals surface area contributed by atoms with Gasteiger partial charge in [-0.3, -0.25) is 4.79 Å². The molecule has 1 aromatic carbocycles. The number of benzene rings is 1. The number of hydrogen-bond donors (Lipinski definition) is 2. The number of carbonyl (C=O) groups excluding carboxylic acids is 1. The Morgan fingerprint density at radius 2 is 2.06 bits per heavy atom. The third-order valence-electron chi connectivity index (χ3n) is 2.82. The monoisotopic (exact) mass is 315 g/mol. The highest BCUT2D eigenvalue weighted by Crippen LogP contribution is 2.25. The van der Waals surface area contributed by atoms with Crippen LogP contribution in [-0.4, -0.2) is 31.3 Å². The van der Waals surface area contributed by atoms with E-state index in [0.717, 1.165) is 10.0 Å². The zero-order valence-electron chi connectivity index (χ0n) is 10.6. The molecule has 2 N–H and O–H groups in total. The normalized spacial score (nSPS) is 14.0. The number of carbonyl (C=O) groups is 1. The van der Waals surface area contributed by atoms with Gasteiger partial charge in [-0.1, -0.05) is 35.0 Å². The summed E-state index contributed by atoms with van der Waals surface area (Å²) >= 11 is 3.35. The van der Waals surface area contributed by atoms with Crippen LogP contribution in [0.1, 0.15) is 18.9 Å². The van der Waals surface area contributed by atoms with Gasteiger partial charge in [-0.05, 0) is 24.1 Å². The molecule has 5 heteroatoms. The van der Waals surface area contributed by atoms with Gasteiger partial charge in [0.15, 0.2) is 0 Å². The second-order valence-electron chi connectivity index (χ2n) is 4.10. The first-order valence-corrected chi connectivity index (χ1v) is 6.55. The summed E-state index contributed by atoms with van der Waals surface area (Å²) in [5, 5.41) is 13.2. The number of rotatable bonds is 6. The molecule has 0 aliphatic heterocycles. The molecule has 0 fully saturated rings. The maximum absolute atomic E-state index is 11.3. The molecule has 0 spiro atoms. The summed E-state index contributed by atoms with van der Waals surface area (Å²) in [5.74, 6) is -0.235. The van der Waals surface area contributed by atoms with Crippen LogP contribution in [0.15, 0.2) is 28.7 Å². The van der Waals surface area contributed by atoms with Crippen LogP contribution in [0.5, 0.6) is 0 Å². The number of ether oxygens (including phenoxy) is 1. The molecular formula is C13H18BrNO3. The molecule has 1 amide bonds. The van der Waals surface area contributed by atoms with Crippen molar-refractivity contribution in [2.24, 2.45) is 0 Å². The second kappa shape index (κ2) is 6.87. The predicted octanol–water partition coefficient (Wildman–Crippen LogP) is 1.81. The third kappa shape index (κ3) is 4.08. The van der Waals surface area contributed by atoms with Crippen molar-refractivity contribution in [1.29, 1.82) is 0 Å². The van der Waals surface area contributed by atoms with Crippen LogP contribution in [0.2, 0.25) is 0 Å². The lowest BCUT2D eigenvalue weighted by molar-refractivity contribution is -0.126. The fraction of sp³-hybridized carbons (Fsp3) is 0.462. The van der Waals surface area contributed by atoms with E-state index in [1.54, 1.807) is 0 Å². The van der Waals surface area contributed by atoms with Gasteiger partial charge in [0.2, 0.25) is 5.91 Å². The molecule has 0 aliphatic rings. The fourth-order valence-electron chi connectivity index (χ4n) is 1.62. The van der Waals surface area contributed by atoms with E-state index < -0.39 is 5.60 Å². The topological polar surface area (TPSA) is 58.6 Å². The summed E-state index contributed by atoms with van der Waals surface area (Å²) in [6.45, 7) is 2.05. The van der Waals surface area contributed by atoms with Gasteiger partial charge in [0, 0.05) is 11.6 Å². The van der Waals surface area contributed by atoms with Crippen molar-refractivity contribution in [2.75, 3.05) is 20.3 Å². The van der Waals surface area contributed by atoms with Crippen LogP contribution >= 0.6 is 15.9 Å². The van der Waals surface area contributed by atoms with Crippen LogP contribution in [0.3, 0.4) is 0 Å². The lowest BCUT2D eigenvalue weighted by atomic mass is 9.91.